The third-order valence-corrected chi connectivity index (χ3v) is 8.86. The monoisotopic (exact) mass is 609 g/mol. The fourth-order valence-electron chi connectivity index (χ4n) is 6.20. The molecule has 3 aliphatic carbocycles. The molecule has 0 aromatic heterocycles. The van der Waals surface area contributed by atoms with Gasteiger partial charge in [0, 0.05) is 16.9 Å². The average molecular weight is 610 g/mol. The van der Waals surface area contributed by atoms with E-state index < -0.39 is 11.9 Å². The van der Waals surface area contributed by atoms with Gasteiger partial charge in [-0.3, -0.25) is 4.79 Å². The van der Waals surface area contributed by atoms with Crippen LogP contribution in [0.3, 0.4) is 0 Å². The molecule has 0 fully saturated rings. The van der Waals surface area contributed by atoms with Gasteiger partial charge in [-0.25, -0.2) is 9.79 Å². The number of benzene rings is 2. The van der Waals surface area contributed by atoms with Crippen LogP contribution in [0.25, 0.3) is 5.57 Å². The summed E-state index contributed by atoms with van der Waals surface area (Å²) in [6.07, 6.45) is 21.7. The van der Waals surface area contributed by atoms with Crippen LogP contribution >= 0.6 is 11.6 Å². The minimum absolute atomic E-state index is 0.0317. The maximum Gasteiger partial charge on any atom is 0.338 e. The number of carbonyl (C=O) groups is 2. The van der Waals surface area contributed by atoms with E-state index >= 15 is 0 Å². The van der Waals surface area contributed by atoms with E-state index in [1.54, 1.807) is 32.0 Å². The highest BCUT2D eigenvalue weighted by molar-refractivity contribution is 6.32. The number of esters is 2. The summed E-state index contributed by atoms with van der Waals surface area (Å²) in [5, 5.41) is 0.735. The van der Waals surface area contributed by atoms with Gasteiger partial charge >= 0.3 is 11.9 Å². The lowest BCUT2D eigenvalue weighted by molar-refractivity contribution is -0.142. The summed E-state index contributed by atoms with van der Waals surface area (Å²) in [5.74, 6) is 0.619. The normalized spacial score (nSPS) is 21.5. The second-order valence-electron chi connectivity index (χ2n) is 11.3. The number of fused-ring (bicyclic) bond motifs is 3. The molecule has 0 spiro atoms. The van der Waals surface area contributed by atoms with Crippen LogP contribution in [0.2, 0.25) is 5.02 Å². The number of aliphatic imine (C=N–C) groups is 1. The van der Waals surface area contributed by atoms with Crippen LogP contribution in [-0.2, 0) is 20.7 Å². The van der Waals surface area contributed by atoms with Crippen molar-refractivity contribution < 1.29 is 23.8 Å². The van der Waals surface area contributed by atoms with E-state index in [1.165, 1.54) is 11.1 Å². The minimum atomic E-state index is -0.515. The van der Waals surface area contributed by atoms with Crippen LogP contribution in [0.4, 0.5) is 5.69 Å². The molecule has 2 aromatic rings. The summed E-state index contributed by atoms with van der Waals surface area (Å²) in [4.78, 5) is 29.9. The van der Waals surface area contributed by atoms with Crippen molar-refractivity contribution in [2.24, 2.45) is 16.8 Å². The zero-order chi connectivity index (χ0) is 30.6. The minimum Gasteiger partial charge on any atom is -0.466 e. The molecule has 44 heavy (non-hydrogen) atoms. The Morgan fingerprint density at radius 2 is 1.77 bits per heavy atom. The van der Waals surface area contributed by atoms with Crippen LogP contribution in [0.1, 0.15) is 72.5 Å². The lowest BCUT2D eigenvalue weighted by Crippen LogP contribution is -2.32. The van der Waals surface area contributed by atoms with Crippen molar-refractivity contribution in [2.45, 2.75) is 51.9 Å². The Labute approximate surface area is 263 Å². The van der Waals surface area contributed by atoms with Crippen LogP contribution in [0.15, 0.2) is 89.5 Å². The predicted octanol–water partition coefficient (Wildman–Crippen LogP) is 8.64. The molecule has 4 aliphatic rings. The first-order valence-electron chi connectivity index (χ1n) is 15.4. The molecule has 7 heteroatoms. The van der Waals surface area contributed by atoms with Gasteiger partial charge in [0.25, 0.3) is 0 Å². The molecule has 1 heterocycles. The molecule has 3 unspecified atom stereocenters. The lowest BCUT2D eigenvalue weighted by atomic mass is 9.74. The molecule has 226 valence electrons. The average Bonchev–Trinajstić information content (AvgIpc) is 3.28. The quantitative estimate of drug-likeness (QED) is 0.221. The molecule has 6 rings (SSSR count). The van der Waals surface area contributed by atoms with Gasteiger partial charge in [0.05, 0.1) is 36.8 Å². The Morgan fingerprint density at radius 1 is 0.932 bits per heavy atom. The van der Waals surface area contributed by atoms with Crippen molar-refractivity contribution in [3.05, 3.63) is 112 Å². The Morgan fingerprint density at radius 3 is 2.52 bits per heavy atom. The first-order chi connectivity index (χ1) is 21.4. The molecule has 6 nitrogen and oxygen atoms in total. The van der Waals surface area contributed by atoms with E-state index in [4.69, 9.17) is 30.8 Å². The number of carbonyl (C=O) groups excluding carboxylic acids is 2. The topological polar surface area (TPSA) is 74.2 Å². The van der Waals surface area contributed by atoms with Crippen LogP contribution in [-0.4, -0.2) is 31.1 Å². The van der Waals surface area contributed by atoms with E-state index in [9.17, 15) is 9.59 Å². The van der Waals surface area contributed by atoms with Crippen molar-refractivity contribution in [1.29, 1.82) is 0 Å². The SMILES string of the molecule is CCOC(=O)Cc1ccc(OC2=Nc3cc(C4=CC=C(C5C=CCC=CC5)CC4)c(Cl)cc3C3C=CC23)cc1C(=O)OCC. The summed E-state index contributed by atoms with van der Waals surface area (Å²) in [7, 11) is 0. The molecule has 0 radical (unpaired) electrons. The molecule has 0 bridgehead atoms. The van der Waals surface area contributed by atoms with Crippen molar-refractivity contribution in [3.63, 3.8) is 0 Å². The fourth-order valence-corrected chi connectivity index (χ4v) is 6.49. The highest BCUT2D eigenvalue weighted by Gasteiger charge is 2.38. The smallest absolute Gasteiger partial charge is 0.338 e. The summed E-state index contributed by atoms with van der Waals surface area (Å²) in [6, 6.07) is 9.20. The molecular weight excluding hydrogens is 574 g/mol. The molecule has 0 saturated heterocycles. The van der Waals surface area contributed by atoms with Gasteiger partial charge in [0.1, 0.15) is 5.75 Å². The number of allylic oxidation sites excluding steroid dienone is 9. The molecular formula is C37H36ClNO5. The fraction of sp³-hybridized carbons (Fsp3) is 0.324. The van der Waals surface area contributed by atoms with E-state index in [2.05, 4.69) is 60.7 Å². The predicted molar refractivity (Wildman–Crippen MR) is 174 cm³/mol. The summed E-state index contributed by atoms with van der Waals surface area (Å²) >= 11 is 6.89. The van der Waals surface area contributed by atoms with E-state index in [1.807, 2.05) is 0 Å². The van der Waals surface area contributed by atoms with Crippen molar-refractivity contribution in [2.75, 3.05) is 13.2 Å². The standard InChI is InChI=1S/C37H36ClNO5/c1-3-42-35(40)19-26-15-16-27(20-31(26)37(41)43-4-2)44-36-29-18-17-28(29)32-21-33(38)30(22-34(32)39-36)25-13-11-24(12-14-25)23-9-7-5-6-8-10-23/h5,7-8,10-11,13,15-18,20-23,28-29H,3-4,6,9,12,14,19H2,1-2H3. The van der Waals surface area contributed by atoms with Gasteiger partial charge in [-0.2, -0.15) is 0 Å². The van der Waals surface area contributed by atoms with Crippen molar-refractivity contribution >= 4 is 40.7 Å². The maximum atomic E-state index is 12.8. The molecule has 3 atom stereocenters. The highest BCUT2D eigenvalue weighted by atomic mass is 35.5. The van der Waals surface area contributed by atoms with Crippen molar-refractivity contribution in [3.8, 4) is 5.75 Å². The van der Waals surface area contributed by atoms with Gasteiger partial charge in [-0.15, -0.1) is 0 Å². The van der Waals surface area contributed by atoms with Gasteiger partial charge in [-0.05, 0) is 86.1 Å². The molecule has 1 aliphatic heterocycles. The lowest BCUT2D eigenvalue weighted by Gasteiger charge is -2.35. The van der Waals surface area contributed by atoms with Crippen molar-refractivity contribution in [1.82, 2.24) is 0 Å². The number of hydrogen-bond acceptors (Lipinski definition) is 6. The van der Waals surface area contributed by atoms with E-state index in [-0.39, 0.29) is 37.0 Å². The molecule has 0 N–H and O–H groups in total. The molecule has 0 saturated carbocycles. The summed E-state index contributed by atoms with van der Waals surface area (Å²) in [5.41, 5.74) is 6.37. The third-order valence-electron chi connectivity index (χ3n) is 8.54. The zero-order valence-electron chi connectivity index (χ0n) is 25.1. The highest BCUT2D eigenvalue weighted by Crippen LogP contribution is 2.48. The Bertz CT molecular complexity index is 1660. The number of rotatable bonds is 8. The largest absolute Gasteiger partial charge is 0.466 e. The first-order valence-corrected chi connectivity index (χ1v) is 15.8. The number of hydrogen-bond donors (Lipinski definition) is 0. The number of halogens is 1. The van der Waals surface area contributed by atoms with E-state index in [0.717, 1.165) is 47.5 Å². The second-order valence-corrected chi connectivity index (χ2v) is 11.7. The zero-order valence-corrected chi connectivity index (χ0v) is 25.8. The number of nitrogens with zero attached hydrogens (tertiary/aromatic N) is 1. The van der Waals surface area contributed by atoms with Crippen LogP contribution in [0, 0.1) is 11.8 Å². The number of ether oxygens (including phenoxy) is 3. The third kappa shape index (κ3) is 6.22. The van der Waals surface area contributed by atoms with Crippen LogP contribution in [0.5, 0.6) is 5.75 Å². The molecule has 0 amide bonds. The second kappa shape index (κ2) is 13.2. The van der Waals surface area contributed by atoms with Gasteiger partial charge in [0.2, 0.25) is 5.90 Å². The molecule has 2 aromatic carbocycles. The summed E-state index contributed by atoms with van der Waals surface area (Å²) < 4.78 is 16.7. The first kappa shape index (κ1) is 29.9. The van der Waals surface area contributed by atoms with E-state index in [0.29, 0.717) is 23.1 Å². The van der Waals surface area contributed by atoms with Gasteiger partial charge in [0.15, 0.2) is 0 Å². The van der Waals surface area contributed by atoms with Gasteiger partial charge in [-0.1, -0.05) is 71.8 Å². The Hall–Kier alpha value is -4.16. The summed E-state index contributed by atoms with van der Waals surface area (Å²) in [6.45, 7) is 3.97. The maximum absolute atomic E-state index is 12.8. The Balaban J connectivity index is 1.28. The van der Waals surface area contributed by atoms with Gasteiger partial charge < -0.3 is 14.2 Å². The Kier molecular flexibility index (Phi) is 8.99. The van der Waals surface area contributed by atoms with Crippen LogP contribution < -0.4 is 4.74 Å².